The molecule has 4 aromatic rings. The van der Waals surface area contributed by atoms with Crippen LogP contribution in [0.4, 0.5) is 11.4 Å². The normalized spacial score (nSPS) is 11.2. The topological polar surface area (TPSA) is 141 Å². The second kappa shape index (κ2) is 16.1. The van der Waals surface area contributed by atoms with E-state index in [-0.39, 0.29) is 11.4 Å². The summed E-state index contributed by atoms with van der Waals surface area (Å²) in [6.45, 7) is 3.19. The third kappa shape index (κ3) is 10.5. The molecular weight excluding hydrogens is 550 g/mol. The van der Waals surface area contributed by atoms with E-state index >= 15 is 0 Å². The fraction of sp³-hybridized carbons (Fsp3) is 0.188. The Morgan fingerprint density at radius 2 is 0.884 bits per heavy atom. The Labute approximate surface area is 248 Å². The van der Waals surface area contributed by atoms with Gasteiger partial charge in [0.1, 0.15) is 23.0 Å². The summed E-state index contributed by atoms with van der Waals surface area (Å²) in [5, 5.41) is 24.9. The van der Waals surface area contributed by atoms with Crippen LogP contribution in [0.15, 0.2) is 107 Å². The van der Waals surface area contributed by atoms with E-state index in [0.29, 0.717) is 23.0 Å². The molecule has 0 aliphatic heterocycles. The highest BCUT2D eigenvalue weighted by atomic mass is 16.6. The van der Waals surface area contributed by atoms with Gasteiger partial charge in [0.25, 0.3) is 11.4 Å². The van der Waals surface area contributed by atoms with Crippen molar-refractivity contribution in [2.75, 3.05) is 26.2 Å². The number of rotatable bonds is 16. The van der Waals surface area contributed by atoms with Crippen LogP contribution in [0.5, 0.6) is 23.0 Å². The smallest absolute Gasteiger partial charge is 0.269 e. The van der Waals surface area contributed by atoms with Crippen molar-refractivity contribution in [3.05, 3.63) is 128 Å². The van der Waals surface area contributed by atoms with Gasteiger partial charge < -0.3 is 14.8 Å². The van der Waals surface area contributed by atoms with E-state index in [4.69, 9.17) is 9.47 Å². The van der Waals surface area contributed by atoms with Gasteiger partial charge >= 0.3 is 0 Å². The minimum absolute atomic E-state index is 0.0234. The number of ether oxygens (including phenoxy) is 2. The van der Waals surface area contributed by atoms with Crippen LogP contribution >= 0.6 is 0 Å². The molecule has 0 spiro atoms. The standard InChI is InChI=1S/C32H31N5O6/c38-36(39)27-7-15-31(16-8-27)42-29-11-3-25(4-12-29)23-34-21-1-19-33-20-2-22-35-24-26-5-13-30(14-6-26)43-32-17-9-28(10-18-32)37(40)41/h3-18,23-24,33H,1-2,19-22H2. The SMILES string of the molecule is O=[N+]([O-])c1ccc(Oc2ccc(C=NCCCNCCCN=Cc3ccc(Oc4ccc([N+](=O)[O-])cc4)cc3)cc2)cc1. The fourth-order valence-electron chi connectivity index (χ4n) is 3.84. The van der Waals surface area contributed by atoms with Gasteiger partial charge in [-0.25, -0.2) is 0 Å². The molecule has 0 bridgehead atoms. The summed E-state index contributed by atoms with van der Waals surface area (Å²) in [4.78, 5) is 29.6. The highest BCUT2D eigenvalue weighted by Crippen LogP contribution is 2.25. The minimum atomic E-state index is -0.444. The molecule has 43 heavy (non-hydrogen) atoms. The van der Waals surface area contributed by atoms with Gasteiger partial charge in [-0.05, 0) is 110 Å². The molecule has 1 N–H and O–H groups in total. The molecule has 0 atom stereocenters. The van der Waals surface area contributed by atoms with Crippen LogP contribution < -0.4 is 14.8 Å². The molecule has 0 fully saturated rings. The summed E-state index contributed by atoms with van der Waals surface area (Å²) in [7, 11) is 0. The van der Waals surface area contributed by atoms with Gasteiger partial charge in [0, 0.05) is 49.8 Å². The molecule has 4 rings (SSSR count). The zero-order chi connectivity index (χ0) is 30.3. The van der Waals surface area contributed by atoms with Crippen molar-refractivity contribution in [1.29, 1.82) is 0 Å². The second-order valence-corrected chi connectivity index (χ2v) is 9.37. The Kier molecular flexibility index (Phi) is 11.5. The van der Waals surface area contributed by atoms with E-state index in [2.05, 4.69) is 15.3 Å². The zero-order valence-electron chi connectivity index (χ0n) is 23.4. The number of hydrogen-bond donors (Lipinski definition) is 1. The molecule has 0 saturated heterocycles. The third-order valence-electron chi connectivity index (χ3n) is 6.09. The summed E-state index contributed by atoms with van der Waals surface area (Å²) in [5.74, 6) is 2.35. The quantitative estimate of drug-likeness (QED) is 0.0650. The number of non-ortho nitro benzene ring substituents is 2. The maximum Gasteiger partial charge on any atom is 0.269 e. The van der Waals surface area contributed by atoms with E-state index in [0.717, 1.165) is 50.1 Å². The predicted molar refractivity (Wildman–Crippen MR) is 166 cm³/mol. The Morgan fingerprint density at radius 3 is 1.21 bits per heavy atom. The van der Waals surface area contributed by atoms with Crippen molar-refractivity contribution in [2.24, 2.45) is 9.98 Å². The van der Waals surface area contributed by atoms with Crippen LogP contribution in [0.1, 0.15) is 24.0 Å². The average molecular weight is 582 g/mol. The van der Waals surface area contributed by atoms with Gasteiger partial charge in [-0.2, -0.15) is 0 Å². The van der Waals surface area contributed by atoms with E-state index < -0.39 is 9.85 Å². The largest absolute Gasteiger partial charge is 0.457 e. The first-order chi connectivity index (χ1) is 21.0. The lowest BCUT2D eigenvalue weighted by molar-refractivity contribution is -0.385. The van der Waals surface area contributed by atoms with Crippen LogP contribution in [0, 0.1) is 20.2 Å². The lowest BCUT2D eigenvalue weighted by Crippen LogP contribution is -2.18. The van der Waals surface area contributed by atoms with E-state index in [9.17, 15) is 20.2 Å². The van der Waals surface area contributed by atoms with E-state index in [1.54, 1.807) is 24.3 Å². The summed E-state index contributed by atoms with van der Waals surface area (Å²) in [6, 6.07) is 26.9. The number of nitro benzene ring substituents is 2. The number of nitrogens with zero attached hydrogens (tertiary/aromatic N) is 4. The van der Waals surface area contributed by atoms with Gasteiger partial charge in [-0.1, -0.05) is 0 Å². The van der Waals surface area contributed by atoms with Crippen LogP contribution in [0.25, 0.3) is 0 Å². The Balaban J connectivity index is 1.04. The lowest BCUT2D eigenvalue weighted by Gasteiger charge is -2.05. The second-order valence-electron chi connectivity index (χ2n) is 9.37. The molecule has 0 aliphatic rings. The van der Waals surface area contributed by atoms with Gasteiger partial charge in [0.2, 0.25) is 0 Å². The van der Waals surface area contributed by atoms with Gasteiger partial charge in [-0.15, -0.1) is 0 Å². The Hall–Kier alpha value is -5.42. The Bertz CT molecular complexity index is 1400. The van der Waals surface area contributed by atoms with Gasteiger partial charge in [0.05, 0.1) is 9.85 Å². The average Bonchev–Trinajstić information content (AvgIpc) is 3.02. The number of benzene rings is 4. The maximum atomic E-state index is 10.7. The van der Waals surface area contributed by atoms with Gasteiger partial charge in [0.15, 0.2) is 0 Å². The molecule has 0 aliphatic carbocycles. The third-order valence-corrected chi connectivity index (χ3v) is 6.09. The number of aliphatic imine (C=N–C) groups is 2. The van der Waals surface area contributed by atoms with E-state index in [1.165, 1.54) is 24.3 Å². The lowest BCUT2D eigenvalue weighted by atomic mass is 10.2. The molecule has 11 nitrogen and oxygen atoms in total. The summed E-state index contributed by atoms with van der Waals surface area (Å²) >= 11 is 0. The minimum Gasteiger partial charge on any atom is -0.457 e. The van der Waals surface area contributed by atoms with Crippen molar-refractivity contribution in [1.82, 2.24) is 5.32 Å². The molecule has 0 unspecified atom stereocenters. The van der Waals surface area contributed by atoms with Crippen LogP contribution in [0.3, 0.4) is 0 Å². The molecular formula is C32H31N5O6. The molecule has 220 valence electrons. The number of nitro groups is 2. The number of nitrogens with one attached hydrogen (secondary N) is 1. The molecule has 0 heterocycles. The van der Waals surface area contributed by atoms with Crippen molar-refractivity contribution < 1.29 is 19.3 Å². The summed E-state index contributed by atoms with van der Waals surface area (Å²) < 4.78 is 11.4. The molecule has 0 saturated carbocycles. The van der Waals surface area contributed by atoms with Crippen LogP contribution in [-0.4, -0.2) is 48.5 Å². The van der Waals surface area contributed by atoms with Crippen molar-refractivity contribution >= 4 is 23.8 Å². The summed E-state index contributed by atoms with van der Waals surface area (Å²) in [6.07, 6.45) is 5.52. The zero-order valence-corrected chi connectivity index (χ0v) is 23.4. The van der Waals surface area contributed by atoms with Crippen molar-refractivity contribution in [3.8, 4) is 23.0 Å². The van der Waals surface area contributed by atoms with Crippen LogP contribution in [-0.2, 0) is 0 Å². The predicted octanol–water partition coefficient (Wildman–Crippen LogP) is 7.00. The molecule has 0 amide bonds. The molecule has 0 radical (unpaired) electrons. The monoisotopic (exact) mass is 581 g/mol. The number of hydrogen-bond acceptors (Lipinski definition) is 9. The maximum absolute atomic E-state index is 10.7. The van der Waals surface area contributed by atoms with E-state index in [1.807, 2.05) is 61.0 Å². The molecule has 11 heteroatoms. The van der Waals surface area contributed by atoms with Crippen molar-refractivity contribution in [2.45, 2.75) is 12.8 Å². The highest BCUT2D eigenvalue weighted by molar-refractivity contribution is 5.80. The fourth-order valence-corrected chi connectivity index (χ4v) is 3.84. The summed E-state index contributed by atoms with van der Waals surface area (Å²) in [5.41, 5.74) is 1.98. The highest BCUT2D eigenvalue weighted by Gasteiger charge is 2.06. The van der Waals surface area contributed by atoms with Gasteiger partial charge in [-0.3, -0.25) is 30.2 Å². The molecule has 4 aromatic carbocycles. The first kappa shape index (κ1) is 30.5. The Morgan fingerprint density at radius 1 is 0.558 bits per heavy atom. The molecule has 0 aromatic heterocycles. The van der Waals surface area contributed by atoms with Crippen LogP contribution in [0.2, 0.25) is 0 Å². The first-order valence-corrected chi connectivity index (χ1v) is 13.7. The van der Waals surface area contributed by atoms with Crippen molar-refractivity contribution in [3.63, 3.8) is 0 Å². The first-order valence-electron chi connectivity index (χ1n) is 13.7.